The second-order valence-electron chi connectivity index (χ2n) is 2.67. The fourth-order valence-corrected chi connectivity index (χ4v) is 0.991. The fraction of sp³-hybridized carbons (Fsp3) is 0.333. The van der Waals surface area contributed by atoms with Gasteiger partial charge in [-0.05, 0) is 17.7 Å². The molecule has 0 fully saturated rings. The molecule has 0 bridgehead atoms. The van der Waals surface area contributed by atoms with Crippen LogP contribution in [0.3, 0.4) is 0 Å². The number of methoxy groups -OCH3 is 1. The Hall–Kier alpha value is -0.840. The molecular formula is C9H14Cl2N2O2. The van der Waals surface area contributed by atoms with Crippen molar-refractivity contribution >= 4 is 30.8 Å². The van der Waals surface area contributed by atoms with Crippen LogP contribution in [-0.4, -0.2) is 18.1 Å². The van der Waals surface area contributed by atoms with Gasteiger partial charge >= 0.3 is 5.97 Å². The summed E-state index contributed by atoms with van der Waals surface area (Å²) in [5.41, 5.74) is 6.63. The van der Waals surface area contributed by atoms with Gasteiger partial charge in [-0.3, -0.25) is 9.78 Å². The van der Waals surface area contributed by atoms with Crippen molar-refractivity contribution in [3.63, 3.8) is 0 Å². The lowest BCUT2D eigenvalue weighted by Gasteiger charge is -2.09. The van der Waals surface area contributed by atoms with Gasteiger partial charge in [0.2, 0.25) is 0 Å². The molecule has 0 saturated carbocycles. The van der Waals surface area contributed by atoms with Crippen LogP contribution >= 0.6 is 24.8 Å². The third-order valence-corrected chi connectivity index (χ3v) is 1.75. The zero-order chi connectivity index (χ0) is 9.68. The highest BCUT2D eigenvalue weighted by atomic mass is 35.5. The van der Waals surface area contributed by atoms with Crippen LogP contribution < -0.4 is 5.73 Å². The summed E-state index contributed by atoms with van der Waals surface area (Å²) in [6.45, 7) is 0. The van der Waals surface area contributed by atoms with Crippen LogP contribution in [0, 0.1) is 0 Å². The molecule has 0 radical (unpaired) electrons. The Labute approximate surface area is 101 Å². The number of hydrogen-bond donors (Lipinski definition) is 1. The van der Waals surface area contributed by atoms with Gasteiger partial charge in [-0.1, -0.05) is 0 Å². The molecule has 0 aliphatic heterocycles. The maximum absolute atomic E-state index is 10.9. The largest absolute Gasteiger partial charge is 0.469 e. The van der Waals surface area contributed by atoms with Gasteiger partial charge in [0, 0.05) is 18.4 Å². The van der Waals surface area contributed by atoms with E-state index in [1.807, 2.05) is 0 Å². The van der Waals surface area contributed by atoms with Crippen molar-refractivity contribution in [2.75, 3.05) is 7.11 Å². The van der Waals surface area contributed by atoms with Gasteiger partial charge in [0.05, 0.1) is 13.5 Å². The van der Waals surface area contributed by atoms with Crippen LogP contribution in [0.2, 0.25) is 0 Å². The number of pyridine rings is 1. The summed E-state index contributed by atoms with van der Waals surface area (Å²) in [6, 6.07) is 3.26. The number of halogens is 2. The van der Waals surface area contributed by atoms with Crippen LogP contribution in [0.25, 0.3) is 0 Å². The summed E-state index contributed by atoms with van der Waals surface area (Å²) in [5.74, 6) is -0.302. The van der Waals surface area contributed by atoms with E-state index in [1.54, 1.807) is 24.5 Å². The summed E-state index contributed by atoms with van der Waals surface area (Å²) in [6.07, 6.45) is 3.49. The van der Waals surface area contributed by atoms with E-state index in [2.05, 4.69) is 9.72 Å². The molecule has 0 amide bonds. The van der Waals surface area contributed by atoms with Gasteiger partial charge in [-0.15, -0.1) is 24.8 Å². The molecule has 1 atom stereocenters. The van der Waals surface area contributed by atoms with Crippen molar-refractivity contribution in [3.05, 3.63) is 30.1 Å². The highest BCUT2D eigenvalue weighted by Crippen LogP contribution is 2.12. The summed E-state index contributed by atoms with van der Waals surface area (Å²) in [5, 5.41) is 0. The second kappa shape index (κ2) is 8.47. The first-order valence-electron chi connectivity index (χ1n) is 3.96. The molecule has 0 aliphatic carbocycles. The molecular weight excluding hydrogens is 239 g/mol. The van der Waals surface area contributed by atoms with Crippen LogP contribution in [0.5, 0.6) is 0 Å². The first kappa shape index (κ1) is 16.6. The lowest BCUT2D eigenvalue weighted by Crippen LogP contribution is -2.16. The van der Waals surface area contributed by atoms with Crippen LogP contribution in [0.4, 0.5) is 0 Å². The normalized spacial score (nSPS) is 10.5. The number of esters is 1. The van der Waals surface area contributed by atoms with E-state index >= 15 is 0 Å². The van der Waals surface area contributed by atoms with E-state index in [4.69, 9.17) is 5.73 Å². The van der Waals surface area contributed by atoms with Crippen molar-refractivity contribution in [1.82, 2.24) is 4.98 Å². The van der Waals surface area contributed by atoms with E-state index in [0.717, 1.165) is 5.56 Å². The first-order valence-corrected chi connectivity index (χ1v) is 3.96. The fourth-order valence-electron chi connectivity index (χ4n) is 0.991. The number of nitrogens with zero attached hydrogens (tertiary/aromatic N) is 1. The number of nitrogens with two attached hydrogens (primary N) is 1. The highest BCUT2D eigenvalue weighted by molar-refractivity contribution is 5.85. The molecule has 6 heteroatoms. The van der Waals surface area contributed by atoms with Crippen molar-refractivity contribution in [1.29, 1.82) is 0 Å². The maximum Gasteiger partial charge on any atom is 0.307 e. The smallest absolute Gasteiger partial charge is 0.307 e. The number of aromatic nitrogens is 1. The summed E-state index contributed by atoms with van der Waals surface area (Å²) in [7, 11) is 1.35. The van der Waals surface area contributed by atoms with Crippen LogP contribution in [0.1, 0.15) is 18.0 Å². The summed E-state index contributed by atoms with van der Waals surface area (Å²) >= 11 is 0. The Morgan fingerprint density at radius 2 is 2.00 bits per heavy atom. The third-order valence-electron chi connectivity index (χ3n) is 1.75. The average molecular weight is 253 g/mol. The molecule has 0 aliphatic rings. The van der Waals surface area contributed by atoms with Gasteiger partial charge in [-0.2, -0.15) is 0 Å². The van der Waals surface area contributed by atoms with Gasteiger partial charge in [0.25, 0.3) is 0 Å². The summed E-state index contributed by atoms with van der Waals surface area (Å²) in [4.78, 5) is 14.7. The lowest BCUT2D eigenvalue weighted by atomic mass is 10.1. The van der Waals surface area contributed by atoms with Gasteiger partial charge in [0.1, 0.15) is 0 Å². The number of rotatable bonds is 3. The van der Waals surface area contributed by atoms with Crippen LogP contribution in [0.15, 0.2) is 24.5 Å². The lowest BCUT2D eigenvalue weighted by molar-refractivity contribution is -0.141. The third kappa shape index (κ3) is 5.57. The first-order chi connectivity index (χ1) is 6.24. The monoisotopic (exact) mass is 252 g/mol. The standard InChI is InChI=1S/C9H12N2O2.2ClH/c1-13-9(12)6-8(10)7-2-4-11-5-3-7;;/h2-5,8H,6,10H2,1H3;2*1H/t8-;;/m0../s1. The zero-order valence-corrected chi connectivity index (χ0v) is 9.88. The number of carbonyl (C=O) groups is 1. The van der Waals surface area contributed by atoms with E-state index in [1.165, 1.54) is 7.11 Å². The topological polar surface area (TPSA) is 65.2 Å². The van der Waals surface area contributed by atoms with Gasteiger partial charge < -0.3 is 10.5 Å². The summed E-state index contributed by atoms with van der Waals surface area (Å²) < 4.78 is 4.51. The van der Waals surface area contributed by atoms with Gasteiger partial charge in [-0.25, -0.2) is 0 Å². The minimum absolute atomic E-state index is 0. The quantitative estimate of drug-likeness (QED) is 0.829. The molecule has 1 rings (SSSR count). The second-order valence-corrected chi connectivity index (χ2v) is 2.67. The molecule has 1 aromatic heterocycles. The zero-order valence-electron chi connectivity index (χ0n) is 8.25. The number of carbonyl (C=O) groups excluding carboxylic acids is 1. The molecule has 2 N–H and O–H groups in total. The molecule has 0 aromatic carbocycles. The van der Waals surface area contributed by atoms with E-state index in [0.29, 0.717) is 0 Å². The molecule has 0 unspecified atom stereocenters. The van der Waals surface area contributed by atoms with Crippen molar-refractivity contribution < 1.29 is 9.53 Å². The predicted molar refractivity (Wildman–Crippen MR) is 62.3 cm³/mol. The molecule has 1 aromatic rings. The molecule has 86 valence electrons. The van der Waals surface area contributed by atoms with E-state index in [9.17, 15) is 4.79 Å². The SMILES string of the molecule is COC(=O)C[C@H](N)c1ccncc1.Cl.Cl. The number of ether oxygens (including phenoxy) is 1. The Balaban J connectivity index is 0. The highest BCUT2D eigenvalue weighted by Gasteiger charge is 2.10. The maximum atomic E-state index is 10.9. The molecule has 0 spiro atoms. The Kier molecular flexibility index (Phi) is 9.36. The van der Waals surface area contributed by atoms with E-state index in [-0.39, 0.29) is 43.2 Å². The molecule has 4 nitrogen and oxygen atoms in total. The van der Waals surface area contributed by atoms with E-state index < -0.39 is 0 Å². The number of hydrogen-bond acceptors (Lipinski definition) is 4. The Bertz CT molecular complexity index is 283. The van der Waals surface area contributed by atoms with Gasteiger partial charge in [0.15, 0.2) is 0 Å². The van der Waals surface area contributed by atoms with Crippen molar-refractivity contribution in [3.8, 4) is 0 Å². The molecule has 1 heterocycles. The minimum Gasteiger partial charge on any atom is -0.469 e. The Morgan fingerprint density at radius 1 is 1.47 bits per heavy atom. The minimum atomic E-state index is -0.310. The Morgan fingerprint density at radius 3 is 2.47 bits per heavy atom. The van der Waals surface area contributed by atoms with Crippen molar-refractivity contribution in [2.45, 2.75) is 12.5 Å². The average Bonchev–Trinajstić information content (AvgIpc) is 2.19. The molecule has 0 saturated heterocycles. The molecule has 15 heavy (non-hydrogen) atoms. The van der Waals surface area contributed by atoms with Crippen LogP contribution in [-0.2, 0) is 9.53 Å². The van der Waals surface area contributed by atoms with Crippen molar-refractivity contribution in [2.24, 2.45) is 5.73 Å². The predicted octanol–water partition coefficient (Wildman–Crippen LogP) is 1.49.